The Labute approximate surface area is 227 Å². The molecular formula is C27H28N6O3S2. The lowest BCUT2D eigenvalue weighted by Crippen LogP contribution is -2.35. The molecule has 0 unspecified atom stereocenters. The number of aromatic nitrogens is 4. The summed E-state index contributed by atoms with van der Waals surface area (Å²) in [5.74, 6) is 0.534. The normalized spacial score (nSPS) is 22.2. The van der Waals surface area contributed by atoms with Crippen LogP contribution in [0.2, 0.25) is 0 Å². The topological polar surface area (TPSA) is 136 Å². The van der Waals surface area contributed by atoms with E-state index in [1.807, 2.05) is 56.3 Å². The number of thiazole rings is 2. The number of aliphatic hydroxyl groups is 3. The molecule has 1 saturated carbocycles. The summed E-state index contributed by atoms with van der Waals surface area (Å²) in [5, 5.41) is 39.2. The number of anilines is 2. The molecule has 1 aliphatic rings. The Bertz CT molecular complexity index is 1540. The van der Waals surface area contributed by atoms with Crippen molar-refractivity contribution in [2.75, 3.05) is 17.2 Å². The maximum atomic E-state index is 10.7. The third-order valence-corrected chi connectivity index (χ3v) is 9.26. The molecule has 0 saturated heterocycles. The molecule has 0 amide bonds. The average Bonchev–Trinajstić information content (AvgIpc) is 3.60. The van der Waals surface area contributed by atoms with E-state index in [-0.39, 0.29) is 12.6 Å². The number of fused-ring (bicyclic) bond motifs is 2. The number of benzene rings is 2. The van der Waals surface area contributed by atoms with Gasteiger partial charge in [-0.15, -0.1) is 22.7 Å². The second kappa shape index (κ2) is 10.2. The summed E-state index contributed by atoms with van der Waals surface area (Å²) in [5.41, 5.74) is 3.33. The van der Waals surface area contributed by atoms with E-state index >= 15 is 0 Å². The van der Waals surface area contributed by atoms with E-state index in [2.05, 4.69) is 16.7 Å². The van der Waals surface area contributed by atoms with Crippen LogP contribution in [0.15, 0.2) is 48.5 Å². The van der Waals surface area contributed by atoms with Crippen LogP contribution in [0.3, 0.4) is 0 Å². The smallest absolute Gasteiger partial charge is 0.225 e. The van der Waals surface area contributed by atoms with Gasteiger partial charge in [-0.1, -0.05) is 24.3 Å². The van der Waals surface area contributed by atoms with E-state index in [1.54, 1.807) is 22.7 Å². The van der Waals surface area contributed by atoms with Crippen molar-refractivity contribution in [2.45, 2.75) is 44.6 Å². The highest BCUT2D eigenvalue weighted by Gasteiger charge is 2.41. The van der Waals surface area contributed by atoms with E-state index in [0.29, 0.717) is 18.2 Å². The molecule has 0 aliphatic heterocycles. The number of aliphatic hydroxyl groups excluding tert-OH is 3. The van der Waals surface area contributed by atoms with Crippen LogP contribution >= 0.6 is 22.7 Å². The van der Waals surface area contributed by atoms with Crippen LogP contribution in [-0.4, -0.2) is 60.1 Å². The largest absolute Gasteiger partial charge is 0.396 e. The molecule has 0 spiro atoms. The predicted octanol–water partition coefficient (Wildman–Crippen LogP) is 4.36. The Balaban J connectivity index is 1.37. The fraction of sp³-hybridized carbons (Fsp3) is 0.333. The number of aryl methyl sites for hydroxylation is 1. The standard InChI is InChI=1S/C27H28N6O3S2/c1-13-21(26-32-17-8-4-6-10-20(17)38-26)24(30-18-11-15(12-34)22(35)23(18)36)33-27(28-13)29-14(2)25-31-16-7-3-5-9-19(16)37-25/h3-10,14-15,18,22-23,34-36H,11-12H2,1-2H3,(H2,28,29,30,33)/t14-,15-,18-,22-,23+/m1/s1. The number of nitrogens with one attached hydrogen (secondary N) is 2. The van der Waals surface area contributed by atoms with Gasteiger partial charge in [-0.25, -0.2) is 15.0 Å². The monoisotopic (exact) mass is 548 g/mol. The van der Waals surface area contributed by atoms with Gasteiger partial charge < -0.3 is 26.0 Å². The number of rotatable bonds is 7. The second-order valence-electron chi connectivity index (χ2n) is 9.64. The summed E-state index contributed by atoms with van der Waals surface area (Å²) in [4.78, 5) is 19.2. The molecule has 3 heterocycles. The zero-order chi connectivity index (χ0) is 26.4. The first kappa shape index (κ1) is 25.1. The average molecular weight is 549 g/mol. The van der Waals surface area contributed by atoms with Crippen molar-refractivity contribution in [2.24, 2.45) is 5.92 Å². The summed E-state index contributed by atoms with van der Waals surface area (Å²) >= 11 is 3.18. The predicted molar refractivity (Wildman–Crippen MR) is 152 cm³/mol. The first-order valence-corrected chi connectivity index (χ1v) is 14.1. The van der Waals surface area contributed by atoms with Crippen molar-refractivity contribution in [1.29, 1.82) is 0 Å². The first-order chi connectivity index (χ1) is 18.4. The lowest BCUT2D eigenvalue weighted by Gasteiger charge is -2.22. The molecule has 1 aliphatic carbocycles. The third-order valence-electron chi connectivity index (χ3n) is 6.98. The van der Waals surface area contributed by atoms with Crippen LogP contribution in [0.1, 0.15) is 30.1 Å². The minimum absolute atomic E-state index is 0.134. The van der Waals surface area contributed by atoms with E-state index < -0.39 is 24.2 Å². The summed E-state index contributed by atoms with van der Waals surface area (Å²) < 4.78 is 2.17. The number of hydrogen-bond acceptors (Lipinski definition) is 11. The Morgan fingerprint density at radius 1 is 0.921 bits per heavy atom. The lowest BCUT2D eigenvalue weighted by molar-refractivity contribution is 0.00446. The molecule has 5 aromatic rings. The number of hydrogen-bond donors (Lipinski definition) is 5. The van der Waals surface area contributed by atoms with Gasteiger partial charge in [-0.3, -0.25) is 0 Å². The van der Waals surface area contributed by atoms with Crippen molar-refractivity contribution in [3.63, 3.8) is 0 Å². The van der Waals surface area contributed by atoms with E-state index in [1.165, 1.54) is 0 Å². The van der Waals surface area contributed by atoms with Gasteiger partial charge in [0.25, 0.3) is 0 Å². The molecule has 5 atom stereocenters. The molecule has 5 N–H and O–H groups in total. The summed E-state index contributed by atoms with van der Waals surface area (Å²) in [6, 6.07) is 15.3. The van der Waals surface area contributed by atoms with Crippen molar-refractivity contribution in [1.82, 2.24) is 19.9 Å². The summed E-state index contributed by atoms with van der Waals surface area (Å²) in [6.45, 7) is 3.74. The highest BCUT2D eigenvalue weighted by molar-refractivity contribution is 7.21. The Hall–Kier alpha value is -3.22. The molecule has 0 radical (unpaired) electrons. The number of para-hydroxylation sites is 2. The lowest BCUT2D eigenvalue weighted by atomic mass is 10.1. The first-order valence-electron chi connectivity index (χ1n) is 12.5. The molecule has 9 nitrogen and oxygen atoms in total. The van der Waals surface area contributed by atoms with Gasteiger partial charge >= 0.3 is 0 Å². The van der Waals surface area contributed by atoms with Gasteiger partial charge in [-0.05, 0) is 44.5 Å². The van der Waals surface area contributed by atoms with Gasteiger partial charge in [-0.2, -0.15) is 4.98 Å². The van der Waals surface area contributed by atoms with Gasteiger partial charge in [0.2, 0.25) is 5.95 Å². The van der Waals surface area contributed by atoms with E-state index in [4.69, 9.17) is 19.9 Å². The Morgan fingerprint density at radius 2 is 1.61 bits per heavy atom. The fourth-order valence-corrected chi connectivity index (χ4v) is 6.97. The minimum atomic E-state index is -1.04. The molecular weight excluding hydrogens is 520 g/mol. The zero-order valence-electron chi connectivity index (χ0n) is 20.9. The van der Waals surface area contributed by atoms with Gasteiger partial charge in [0, 0.05) is 12.5 Å². The fourth-order valence-electron chi connectivity index (χ4n) is 4.93. The highest BCUT2D eigenvalue weighted by Crippen LogP contribution is 2.38. The van der Waals surface area contributed by atoms with Crippen molar-refractivity contribution in [3.05, 3.63) is 59.2 Å². The van der Waals surface area contributed by atoms with Crippen LogP contribution in [0.4, 0.5) is 11.8 Å². The van der Waals surface area contributed by atoms with E-state index in [9.17, 15) is 15.3 Å². The van der Waals surface area contributed by atoms with Crippen LogP contribution in [0, 0.1) is 12.8 Å². The van der Waals surface area contributed by atoms with Crippen LogP contribution in [-0.2, 0) is 0 Å². The molecule has 6 rings (SSSR count). The summed E-state index contributed by atoms with van der Waals surface area (Å²) in [7, 11) is 0. The van der Waals surface area contributed by atoms with Gasteiger partial charge in [0.1, 0.15) is 21.9 Å². The molecule has 0 bridgehead atoms. The van der Waals surface area contributed by atoms with Crippen molar-refractivity contribution >= 4 is 54.9 Å². The SMILES string of the molecule is Cc1nc(N[C@H](C)c2nc3ccccc3s2)nc(N[C@@H]2C[C@H](CO)[C@@H](O)[C@H]2O)c1-c1nc2ccccc2s1. The summed E-state index contributed by atoms with van der Waals surface area (Å²) in [6.07, 6.45) is -1.64. The van der Waals surface area contributed by atoms with Gasteiger partial charge in [0.05, 0.1) is 49.9 Å². The van der Waals surface area contributed by atoms with Crippen LogP contribution in [0.25, 0.3) is 31.0 Å². The third kappa shape index (κ3) is 4.61. The molecule has 196 valence electrons. The molecule has 2 aromatic carbocycles. The molecule has 1 fully saturated rings. The van der Waals surface area contributed by atoms with E-state index in [0.717, 1.165) is 41.7 Å². The maximum absolute atomic E-state index is 10.7. The highest BCUT2D eigenvalue weighted by atomic mass is 32.1. The number of nitrogens with zero attached hydrogens (tertiary/aromatic N) is 4. The van der Waals surface area contributed by atoms with Crippen molar-refractivity contribution in [3.8, 4) is 10.6 Å². The minimum Gasteiger partial charge on any atom is -0.396 e. The van der Waals surface area contributed by atoms with Crippen molar-refractivity contribution < 1.29 is 15.3 Å². The molecule has 38 heavy (non-hydrogen) atoms. The van der Waals surface area contributed by atoms with Crippen LogP contribution < -0.4 is 10.6 Å². The van der Waals surface area contributed by atoms with Gasteiger partial charge in [0.15, 0.2) is 0 Å². The molecule has 3 aromatic heterocycles. The zero-order valence-corrected chi connectivity index (χ0v) is 22.5. The second-order valence-corrected chi connectivity index (χ2v) is 11.7. The Morgan fingerprint density at radius 3 is 2.26 bits per heavy atom. The van der Waals surface area contributed by atoms with Crippen LogP contribution in [0.5, 0.6) is 0 Å². The molecule has 11 heteroatoms. The Kier molecular flexibility index (Phi) is 6.70. The maximum Gasteiger partial charge on any atom is 0.225 e. The quantitative estimate of drug-likeness (QED) is 0.201.